The van der Waals surface area contributed by atoms with E-state index in [4.69, 9.17) is 28.4 Å². The first kappa shape index (κ1) is 80.9. The number of carbonyl (C=O) groups is 1. The largest absolute Gasteiger partial charge is 0.394 e. The van der Waals surface area contributed by atoms with E-state index in [0.717, 1.165) is 128 Å². The third-order valence-electron chi connectivity index (χ3n) is 15.6. The van der Waals surface area contributed by atoms with Crippen molar-refractivity contribution in [3.63, 3.8) is 0 Å². The molecule has 17 unspecified atom stereocenters. The second kappa shape index (κ2) is 52.0. The molecule has 0 aromatic carbocycles. The molecule has 17 atom stereocenters. The highest BCUT2D eigenvalue weighted by molar-refractivity contribution is 5.76. The van der Waals surface area contributed by atoms with Gasteiger partial charge in [-0.15, -0.1) is 0 Å². The standard InChI is InChI=1S/C72H115NO18/c1-3-5-7-9-11-13-14-15-16-17-18-19-20-21-22-23-24-25-26-27-28-29-30-31-32-33-34-35-36-37-38-39-40-42-44-46-48-50-60(78)73-55(56(77)49-47-45-43-41-12-10-8-6-4-2)54-86-70-66(84)63(81)68(58(52-75)88-70)91-72-67(85)64(82)69(59(53-76)89-72)90-71-65(83)62(80)61(79)57(51-74)87-71/h5,7,11-13,15-16,18-19,21-22,24-25,27-28,30-31,33-34,36-37,41,47,49,55-59,61-72,74-77,79-85H,3-4,6,8-10,14,17,20,23,26,29,32,35,38-40,42-46,48,50-54H2,1-2H3,(H,73,78)/b7-5-,13-11-,16-15-,19-18-,22-21-,25-24-,28-27-,31-30-,34-33-,37-36-,41-12+,49-47+. The van der Waals surface area contributed by atoms with E-state index in [2.05, 4.69) is 153 Å². The van der Waals surface area contributed by atoms with Gasteiger partial charge in [-0.25, -0.2) is 0 Å². The van der Waals surface area contributed by atoms with Crippen LogP contribution in [-0.4, -0.2) is 193 Å². The Morgan fingerprint density at radius 3 is 1.23 bits per heavy atom. The summed E-state index contributed by atoms with van der Waals surface area (Å²) >= 11 is 0. The Kier molecular flexibility index (Phi) is 46.2. The third-order valence-corrected chi connectivity index (χ3v) is 15.6. The zero-order chi connectivity index (χ0) is 66.1. The summed E-state index contributed by atoms with van der Waals surface area (Å²) in [5.74, 6) is -0.311. The maximum atomic E-state index is 13.3. The molecule has 3 fully saturated rings. The number of aliphatic hydroxyl groups excluding tert-OH is 11. The molecule has 0 aliphatic carbocycles. The van der Waals surface area contributed by atoms with Crippen LogP contribution in [0.3, 0.4) is 0 Å². The van der Waals surface area contributed by atoms with E-state index in [-0.39, 0.29) is 18.9 Å². The summed E-state index contributed by atoms with van der Waals surface area (Å²) < 4.78 is 34.2. The van der Waals surface area contributed by atoms with Crippen LogP contribution in [0.4, 0.5) is 0 Å². The van der Waals surface area contributed by atoms with Gasteiger partial charge < -0.3 is 89.9 Å². The summed E-state index contributed by atoms with van der Waals surface area (Å²) in [6.07, 6.45) is 47.2. The van der Waals surface area contributed by atoms with Crippen molar-refractivity contribution in [1.82, 2.24) is 5.32 Å². The van der Waals surface area contributed by atoms with Gasteiger partial charge >= 0.3 is 0 Å². The maximum absolute atomic E-state index is 13.3. The molecule has 19 heteroatoms. The van der Waals surface area contributed by atoms with Gasteiger partial charge in [-0.2, -0.15) is 0 Å². The monoisotopic (exact) mass is 1280 g/mol. The van der Waals surface area contributed by atoms with Crippen LogP contribution in [0.5, 0.6) is 0 Å². The molecule has 3 aliphatic rings. The minimum Gasteiger partial charge on any atom is -0.394 e. The molecule has 0 saturated carbocycles. The highest BCUT2D eigenvalue weighted by Gasteiger charge is 2.53. The zero-order valence-electron chi connectivity index (χ0n) is 54.2. The molecule has 0 aromatic heterocycles. The van der Waals surface area contributed by atoms with Crippen molar-refractivity contribution >= 4 is 5.91 Å². The second-order valence-electron chi connectivity index (χ2n) is 23.2. The van der Waals surface area contributed by atoms with Gasteiger partial charge in [0.2, 0.25) is 5.91 Å². The smallest absolute Gasteiger partial charge is 0.220 e. The zero-order valence-corrected chi connectivity index (χ0v) is 54.2. The summed E-state index contributed by atoms with van der Waals surface area (Å²) in [7, 11) is 0. The van der Waals surface area contributed by atoms with Crippen molar-refractivity contribution < 1.29 is 89.4 Å². The lowest BCUT2D eigenvalue weighted by atomic mass is 9.96. The van der Waals surface area contributed by atoms with Crippen LogP contribution in [0.1, 0.15) is 168 Å². The number of allylic oxidation sites excluding steroid dienone is 23. The van der Waals surface area contributed by atoms with Gasteiger partial charge in [0.05, 0.1) is 38.6 Å². The first-order chi connectivity index (χ1) is 44.3. The van der Waals surface area contributed by atoms with Crippen molar-refractivity contribution in [3.05, 3.63) is 146 Å². The van der Waals surface area contributed by atoms with Crippen LogP contribution in [0.25, 0.3) is 0 Å². The summed E-state index contributed by atoms with van der Waals surface area (Å²) in [4.78, 5) is 13.3. The molecule has 3 heterocycles. The molecule has 19 nitrogen and oxygen atoms in total. The van der Waals surface area contributed by atoms with Crippen LogP contribution >= 0.6 is 0 Å². The summed E-state index contributed by atoms with van der Waals surface area (Å²) in [5.41, 5.74) is 0. The highest BCUT2D eigenvalue weighted by Crippen LogP contribution is 2.33. The Bertz CT molecular complexity index is 2220. The molecular formula is C72H115NO18. The Labute approximate surface area is 542 Å². The molecule has 516 valence electrons. The first-order valence-electron chi connectivity index (χ1n) is 33.6. The fraction of sp³-hybridized carbons (Fsp3) is 0.653. The van der Waals surface area contributed by atoms with Crippen molar-refractivity contribution in [1.29, 1.82) is 0 Å². The molecule has 91 heavy (non-hydrogen) atoms. The molecule has 0 radical (unpaired) electrons. The van der Waals surface area contributed by atoms with Gasteiger partial charge in [-0.1, -0.05) is 198 Å². The number of nitrogens with one attached hydrogen (secondary N) is 1. The molecule has 0 aromatic rings. The van der Waals surface area contributed by atoms with Crippen LogP contribution in [0.2, 0.25) is 0 Å². The predicted octanol–water partition coefficient (Wildman–Crippen LogP) is 8.37. The van der Waals surface area contributed by atoms with Crippen LogP contribution in [0, 0.1) is 0 Å². The van der Waals surface area contributed by atoms with Crippen molar-refractivity contribution in [2.24, 2.45) is 0 Å². The lowest BCUT2D eigenvalue weighted by Crippen LogP contribution is -2.66. The average Bonchev–Trinajstić information content (AvgIpc) is 0.826. The summed E-state index contributed by atoms with van der Waals surface area (Å²) in [5, 5.41) is 120. The van der Waals surface area contributed by atoms with E-state index in [9.17, 15) is 61.0 Å². The SMILES string of the molecule is CC/C=C\C/C=C\C/C=C\C/C=C\C/C=C\C/C=C\C/C=C\C/C=C\C/C=C\C/C=C\CCCCCCCCC(=O)NC(COC1OC(CO)C(OC2OC(CO)C(OC3OC(CO)C(O)C(O)C3O)C(O)C2O)C(O)C1O)C(O)/C=C/CC/C=C/CCCCC. The normalized spacial score (nSPS) is 28.8. The van der Waals surface area contributed by atoms with Crippen molar-refractivity contribution in [2.75, 3.05) is 26.4 Å². The van der Waals surface area contributed by atoms with E-state index in [1.165, 1.54) is 6.42 Å². The van der Waals surface area contributed by atoms with Gasteiger partial charge in [-0.3, -0.25) is 4.79 Å². The molecule has 3 rings (SSSR count). The second-order valence-corrected chi connectivity index (χ2v) is 23.2. The molecule has 3 aliphatic heterocycles. The number of carbonyl (C=O) groups excluding carboxylic acids is 1. The fourth-order valence-electron chi connectivity index (χ4n) is 10.2. The van der Waals surface area contributed by atoms with Crippen molar-refractivity contribution in [2.45, 2.75) is 272 Å². The number of aliphatic hydroxyl groups is 11. The topological polar surface area (TPSA) is 307 Å². The number of rotatable bonds is 48. The quantitative estimate of drug-likeness (QED) is 0.0201. The lowest BCUT2D eigenvalue weighted by Gasteiger charge is -2.48. The summed E-state index contributed by atoms with van der Waals surface area (Å²) in [6, 6.07) is -1.01. The van der Waals surface area contributed by atoms with Gasteiger partial charge in [0.25, 0.3) is 0 Å². The van der Waals surface area contributed by atoms with Crippen LogP contribution in [-0.2, 0) is 33.2 Å². The van der Waals surface area contributed by atoms with E-state index >= 15 is 0 Å². The molecule has 0 bridgehead atoms. The number of amides is 1. The molecule has 12 N–H and O–H groups in total. The van der Waals surface area contributed by atoms with Gasteiger partial charge in [-0.05, 0) is 109 Å². The predicted molar refractivity (Wildman–Crippen MR) is 355 cm³/mol. The van der Waals surface area contributed by atoms with E-state index in [1.807, 2.05) is 6.08 Å². The van der Waals surface area contributed by atoms with E-state index in [0.29, 0.717) is 12.8 Å². The maximum Gasteiger partial charge on any atom is 0.220 e. The molecule has 1 amide bonds. The minimum absolute atomic E-state index is 0.207. The number of unbranched alkanes of at least 4 members (excludes halogenated alkanes) is 10. The lowest BCUT2D eigenvalue weighted by molar-refractivity contribution is -0.379. The van der Waals surface area contributed by atoms with E-state index < -0.39 is 124 Å². The Balaban J connectivity index is 1.35. The highest BCUT2D eigenvalue weighted by atomic mass is 16.8. The Morgan fingerprint density at radius 2 is 0.769 bits per heavy atom. The van der Waals surface area contributed by atoms with Crippen LogP contribution < -0.4 is 5.32 Å². The number of hydrogen-bond donors (Lipinski definition) is 12. The van der Waals surface area contributed by atoms with Crippen molar-refractivity contribution in [3.8, 4) is 0 Å². The van der Waals surface area contributed by atoms with E-state index in [1.54, 1.807) is 6.08 Å². The molecule has 0 spiro atoms. The molecular weight excluding hydrogens is 1170 g/mol. The molecule has 3 saturated heterocycles. The third kappa shape index (κ3) is 34.1. The number of ether oxygens (including phenoxy) is 6. The first-order valence-corrected chi connectivity index (χ1v) is 33.6. The minimum atomic E-state index is -1.99. The Hall–Kier alpha value is -4.33. The average molecular weight is 1280 g/mol. The van der Waals surface area contributed by atoms with Crippen LogP contribution in [0.15, 0.2) is 146 Å². The fourth-order valence-corrected chi connectivity index (χ4v) is 10.2. The summed E-state index contributed by atoms with van der Waals surface area (Å²) in [6.45, 7) is 1.48. The number of hydrogen-bond acceptors (Lipinski definition) is 18. The van der Waals surface area contributed by atoms with Gasteiger partial charge in [0.15, 0.2) is 18.9 Å². The Morgan fingerprint density at radius 1 is 0.407 bits per heavy atom. The van der Waals surface area contributed by atoms with Gasteiger partial charge in [0, 0.05) is 6.42 Å². The van der Waals surface area contributed by atoms with Gasteiger partial charge in [0.1, 0.15) is 73.2 Å².